The van der Waals surface area contributed by atoms with Crippen LogP contribution in [0.25, 0.3) is 0 Å². The van der Waals surface area contributed by atoms with Crippen LogP contribution in [0.3, 0.4) is 0 Å². The van der Waals surface area contributed by atoms with Crippen LogP contribution in [0.15, 0.2) is 65.2 Å². The summed E-state index contributed by atoms with van der Waals surface area (Å²) >= 11 is 1.48. The molecule has 0 radical (unpaired) electrons. The van der Waals surface area contributed by atoms with Crippen molar-refractivity contribution in [1.29, 1.82) is 0 Å². The van der Waals surface area contributed by atoms with Crippen molar-refractivity contribution in [2.45, 2.75) is 12.8 Å². The number of hydrogen-bond donors (Lipinski definition) is 2. The van der Waals surface area contributed by atoms with E-state index in [-0.39, 0.29) is 5.91 Å². The number of amides is 1. The van der Waals surface area contributed by atoms with Crippen molar-refractivity contribution < 1.29 is 13.2 Å². The van der Waals surface area contributed by atoms with E-state index in [2.05, 4.69) is 14.5 Å². The predicted octanol–water partition coefficient (Wildman–Crippen LogP) is 2.15. The zero-order valence-corrected chi connectivity index (χ0v) is 16.8. The second kappa shape index (κ2) is 7.36. The van der Waals surface area contributed by atoms with E-state index in [4.69, 9.17) is 0 Å². The van der Waals surface area contributed by atoms with Crippen LogP contribution in [0.2, 0.25) is 0 Å². The summed E-state index contributed by atoms with van der Waals surface area (Å²) in [6.45, 7) is 0.542. The summed E-state index contributed by atoms with van der Waals surface area (Å²) in [6, 6.07) is 6.99. The Hall–Kier alpha value is -2.72. The first-order valence-corrected chi connectivity index (χ1v) is 11.3. The van der Waals surface area contributed by atoms with Gasteiger partial charge >= 0.3 is 0 Å². The predicted molar refractivity (Wildman–Crippen MR) is 110 cm³/mol. The number of nitrogens with one attached hydrogen (secondary N) is 2. The van der Waals surface area contributed by atoms with Gasteiger partial charge in [-0.05, 0) is 35.4 Å². The molecular formula is C18H19N5O3S2. The molecule has 0 spiro atoms. The summed E-state index contributed by atoms with van der Waals surface area (Å²) in [6.07, 6.45) is 9.82. The van der Waals surface area contributed by atoms with Crippen LogP contribution < -0.4 is 9.44 Å². The minimum atomic E-state index is -3.30. The number of nitrogens with zero attached hydrogens (tertiary/aromatic N) is 3. The van der Waals surface area contributed by atoms with Gasteiger partial charge in [0.2, 0.25) is 15.9 Å². The molecule has 28 heavy (non-hydrogen) atoms. The molecule has 0 saturated heterocycles. The fraction of sp³-hybridized carbons (Fsp3) is 0.222. The number of sulfonamides is 1. The summed E-state index contributed by atoms with van der Waals surface area (Å²) in [5.74, 6) is -0.0473. The van der Waals surface area contributed by atoms with Gasteiger partial charge in [0.05, 0.1) is 42.8 Å². The van der Waals surface area contributed by atoms with Gasteiger partial charge in [-0.3, -0.25) is 13.8 Å². The molecule has 0 atom stereocenters. The molecule has 0 aromatic heterocycles. The van der Waals surface area contributed by atoms with E-state index in [0.29, 0.717) is 25.1 Å². The maximum absolute atomic E-state index is 12.6. The van der Waals surface area contributed by atoms with Gasteiger partial charge in [0.25, 0.3) is 0 Å². The third kappa shape index (κ3) is 4.23. The van der Waals surface area contributed by atoms with Gasteiger partial charge in [-0.25, -0.2) is 13.4 Å². The number of carbonyl (C=O) groups is 1. The molecule has 1 aromatic carbocycles. The number of hydrazone groups is 1. The van der Waals surface area contributed by atoms with Crippen LogP contribution in [-0.4, -0.2) is 42.2 Å². The number of rotatable bonds is 5. The molecule has 3 aliphatic rings. The van der Waals surface area contributed by atoms with Crippen molar-refractivity contribution in [3.05, 3.63) is 65.7 Å². The molecule has 0 unspecified atom stereocenters. The van der Waals surface area contributed by atoms with Crippen molar-refractivity contribution in [3.8, 4) is 0 Å². The molecular weight excluding hydrogens is 398 g/mol. The van der Waals surface area contributed by atoms with Crippen LogP contribution >= 0.6 is 12.1 Å². The normalized spacial score (nSPS) is 18.2. The third-order valence-electron chi connectivity index (χ3n) is 4.34. The lowest BCUT2D eigenvalue weighted by atomic mass is 10.1. The first-order valence-electron chi connectivity index (χ1n) is 8.64. The second-order valence-electron chi connectivity index (χ2n) is 6.58. The summed E-state index contributed by atoms with van der Waals surface area (Å²) < 4.78 is 30.1. The van der Waals surface area contributed by atoms with E-state index in [1.165, 1.54) is 17.1 Å². The summed E-state index contributed by atoms with van der Waals surface area (Å²) in [7, 11) is -3.30. The average Bonchev–Trinajstić information content (AvgIpc) is 3.30. The van der Waals surface area contributed by atoms with Crippen LogP contribution in [0.4, 0.5) is 5.69 Å². The molecule has 146 valence electrons. The molecule has 1 amide bonds. The molecule has 3 aliphatic heterocycles. The molecule has 3 heterocycles. The van der Waals surface area contributed by atoms with Crippen LogP contribution in [0.1, 0.15) is 18.4 Å². The van der Waals surface area contributed by atoms with E-state index in [0.717, 1.165) is 28.8 Å². The molecule has 2 N–H and O–H groups in total. The number of allylic oxidation sites excluding steroid dienone is 2. The van der Waals surface area contributed by atoms with Gasteiger partial charge in [-0.2, -0.15) is 5.10 Å². The van der Waals surface area contributed by atoms with Crippen molar-refractivity contribution >= 4 is 39.5 Å². The van der Waals surface area contributed by atoms with Crippen molar-refractivity contribution in [1.82, 2.24) is 14.0 Å². The summed E-state index contributed by atoms with van der Waals surface area (Å²) in [5.41, 5.74) is 4.15. The van der Waals surface area contributed by atoms with E-state index in [1.807, 2.05) is 28.9 Å². The van der Waals surface area contributed by atoms with Gasteiger partial charge in [0.1, 0.15) is 0 Å². The lowest BCUT2D eigenvalue weighted by Crippen LogP contribution is -2.23. The summed E-state index contributed by atoms with van der Waals surface area (Å²) in [5, 5.41) is 5.97. The minimum absolute atomic E-state index is 0.0473. The minimum Gasteiger partial charge on any atom is -0.316 e. The smallest absolute Gasteiger partial charge is 0.247 e. The lowest BCUT2D eigenvalue weighted by molar-refractivity contribution is -0.129. The quantitative estimate of drug-likeness (QED) is 0.713. The monoisotopic (exact) mass is 417 g/mol. The van der Waals surface area contributed by atoms with Crippen molar-refractivity contribution in [3.63, 3.8) is 0 Å². The number of fused-ring (bicyclic) bond motifs is 1. The average molecular weight is 418 g/mol. The lowest BCUT2D eigenvalue weighted by Gasteiger charge is -2.18. The van der Waals surface area contributed by atoms with E-state index < -0.39 is 10.0 Å². The molecule has 8 nitrogen and oxygen atoms in total. The Kier molecular flexibility index (Phi) is 4.90. The Labute approximate surface area is 168 Å². The maximum Gasteiger partial charge on any atom is 0.247 e. The van der Waals surface area contributed by atoms with Crippen LogP contribution in [0, 0.1) is 0 Å². The SMILES string of the molecule is CS(=O)(=O)Nc1ccc(C2=NN(C(=O)CC3=CC4=CNSN4C=C3)CC2)cc1. The maximum atomic E-state index is 12.6. The first kappa shape index (κ1) is 18.6. The van der Waals surface area contributed by atoms with E-state index >= 15 is 0 Å². The number of anilines is 1. The number of benzene rings is 1. The van der Waals surface area contributed by atoms with Crippen LogP contribution in [-0.2, 0) is 14.8 Å². The standard InChI is InChI=1S/C18H19N5O3S2/c1-28(25,26)21-15-4-2-14(3-5-15)17-7-8-22(20-17)18(24)11-13-6-9-23-16(10-13)12-19-27-23/h2-6,9-10,12,19,21H,7-8,11H2,1H3. The van der Waals surface area contributed by atoms with Crippen LogP contribution in [0.5, 0.6) is 0 Å². The van der Waals surface area contributed by atoms with E-state index in [9.17, 15) is 13.2 Å². The zero-order chi connectivity index (χ0) is 19.7. The summed E-state index contributed by atoms with van der Waals surface area (Å²) in [4.78, 5) is 12.6. The Morgan fingerprint density at radius 1 is 1.32 bits per heavy atom. The Balaban J connectivity index is 1.41. The van der Waals surface area contributed by atoms with E-state index in [1.54, 1.807) is 24.3 Å². The number of carbonyl (C=O) groups excluding carboxylic acids is 1. The Morgan fingerprint density at radius 3 is 2.86 bits per heavy atom. The van der Waals surface area contributed by atoms with Gasteiger partial charge in [0, 0.05) is 24.5 Å². The molecule has 0 fully saturated rings. The molecule has 0 aliphatic carbocycles. The Morgan fingerprint density at radius 2 is 2.11 bits per heavy atom. The molecule has 0 bridgehead atoms. The first-order chi connectivity index (χ1) is 13.4. The fourth-order valence-corrected chi connectivity index (χ4v) is 4.23. The third-order valence-corrected chi connectivity index (χ3v) is 5.70. The molecule has 10 heteroatoms. The van der Waals surface area contributed by atoms with Gasteiger partial charge in [0.15, 0.2) is 0 Å². The highest BCUT2D eigenvalue weighted by Gasteiger charge is 2.23. The second-order valence-corrected chi connectivity index (χ2v) is 9.14. The Bertz CT molecular complexity index is 1030. The van der Waals surface area contributed by atoms with Gasteiger partial charge < -0.3 is 4.72 Å². The highest BCUT2D eigenvalue weighted by atomic mass is 32.2. The van der Waals surface area contributed by atoms with Crippen molar-refractivity contribution in [2.24, 2.45) is 5.10 Å². The molecule has 0 saturated carbocycles. The molecule has 4 rings (SSSR count). The highest BCUT2D eigenvalue weighted by molar-refractivity contribution is 7.95. The van der Waals surface area contributed by atoms with Crippen molar-refractivity contribution in [2.75, 3.05) is 17.5 Å². The molecule has 1 aromatic rings. The highest BCUT2D eigenvalue weighted by Crippen LogP contribution is 2.29. The largest absolute Gasteiger partial charge is 0.316 e. The van der Waals surface area contributed by atoms with Gasteiger partial charge in [-0.15, -0.1) is 0 Å². The van der Waals surface area contributed by atoms with Gasteiger partial charge in [-0.1, -0.05) is 12.1 Å². The number of hydrogen-bond acceptors (Lipinski definition) is 7. The zero-order valence-electron chi connectivity index (χ0n) is 15.1. The topological polar surface area (TPSA) is 94.1 Å². The fourth-order valence-electron chi connectivity index (χ4n) is 3.04.